The molecule has 2 heteroatoms. The molecule has 0 fully saturated rings. The lowest BCUT2D eigenvalue weighted by Crippen LogP contribution is -2.37. The van der Waals surface area contributed by atoms with Gasteiger partial charge in [-0.3, -0.25) is 0 Å². The molecule has 1 rings (SSSR count). The highest BCUT2D eigenvalue weighted by atomic mass is 16.5. The molecule has 0 amide bonds. The normalized spacial score (nSPS) is 11.2. The molecule has 0 spiro atoms. The summed E-state index contributed by atoms with van der Waals surface area (Å²) in [5, 5.41) is 0. The molecule has 0 saturated heterocycles. The number of hydrogen-bond acceptors (Lipinski definition) is 2. The van der Waals surface area contributed by atoms with Crippen molar-refractivity contribution >= 4 is 5.69 Å². The molecule has 2 nitrogen and oxygen atoms in total. The Morgan fingerprint density at radius 2 is 1.86 bits per heavy atom. The number of anilines is 1. The van der Waals surface area contributed by atoms with Gasteiger partial charge in [0.15, 0.2) is 0 Å². The van der Waals surface area contributed by atoms with Crippen molar-refractivity contribution < 1.29 is 4.74 Å². The third kappa shape index (κ3) is 2.41. The Labute approximate surface area is 86.5 Å². The van der Waals surface area contributed by atoms with Crippen LogP contribution in [0.5, 0.6) is 5.75 Å². The number of nitrogens with zero attached hydrogens (tertiary/aromatic N) is 1. The van der Waals surface area contributed by atoms with Crippen molar-refractivity contribution in [2.45, 2.75) is 26.3 Å². The number of ether oxygens (including phenoxy) is 1. The summed E-state index contributed by atoms with van der Waals surface area (Å²) in [5.74, 6) is 0.901. The summed E-state index contributed by atoms with van der Waals surface area (Å²) in [6.07, 6.45) is 0. The van der Waals surface area contributed by atoms with Gasteiger partial charge in [-0.1, -0.05) is 6.07 Å². The number of rotatable bonds is 2. The van der Waals surface area contributed by atoms with Gasteiger partial charge in [0.1, 0.15) is 5.75 Å². The maximum atomic E-state index is 5.19. The van der Waals surface area contributed by atoms with Crippen LogP contribution in [0.25, 0.3) is 0 Å². The zero-order valence-corrected chi connectivity index (χ0v) is 9.66. The molecule has 0 bridgehead atoms. The third-order valence-corrected chi connectivity index (χ3v) is 2.45. The van der Waals surface area contributed by atoms with Gasteiger partial charge in [-0.05, 0) is 32.9 Å². The minimum absolute atomic E-state index is 0.131. The average Bonchev–Trinajstić information content (AvgIpc) is 2.15. The third-order valence-electron chi connectivity index (χ3n) is 2.45. The molecule has 1 aromatic carbocycles. The first-order chi connectivity index (χ1) is 6.45. The smallest absolute Gasteiger partial charge is 0.120 e. The maximum absolute atomic E-state index is 5.19. The summed E-state index contributed by atoms with van der Waals surface area (Å²) >= 11 is 0. The first-order valence-electron chi connectivity index (χ1n) is 4.83. The van der Waals surface area contributed by atoms with E-state index >= 15 is 0 Å². The first kappa shape index (κ1) is 10.9. The maximum Gasteiger partial charge on any atom is 0.120 e. The van der Waals surface area contributed by atoms with Gasteiger partial charge in [0.05, 0.1) is 7.11 Å². The predicted molar refractivity (Wildman–Crippen MR) is 61.2 cm³/mol. The van der Waals surface area contributed by atoms with Crippen LogP contribution in [0.1, 0.15) is 20.8 Å². The van der Waals surface area contributed by atoms with Crippen LogP contribution >= 0.6 is 0 Å². The minimum atomic E-state index is 0.131. The Morgan fingerprint density at radius 1 is 1.21 bits per heavy atom. The molecule has 0 radical (unpaired) electrons. The van der Waals surface area contributed by atoms with Crippen LogP contribution in [0.3, 0.4) is 0 Å². The van der Waals surface area contributed by atoms with Gasteiger partial charge in [-0.25, -0.2) is 0 Å². The van der Waals surface area contributed by atoms with Gasteiger partial charge in [0, 0.05) is 24.3 Å². The van der Waals surface area contributed by atoms with E-state index in [1.165, 1.54) is 5.69 Å². The molecule has 78 valence electrons. The molecule has 0 N–H and O–H groups in total. The lowest BCUT2D eigenvalue weighted by atomic mass is 10.1. The molecule has 14 heavy (non-hydrogen) atoms. The van der Waals surface area contributed by atoms with Crippen molar-refractivity contribution in [3.63, 3.8) is 0 Å². The summed E-state index contributed by atoms with van der Waals surface area (Å²) in [7, 11) is 3.78. The van der Waals surface area contributed by atoms with Crippen LogP contribution in [0.2, 0.25) is 0 Å². The van der Waals surface area contributed by atoms with Gasteiger partial charge in [-0.2, -0.15) is 0 Å². The van der Waals surface area contributed by atoms with Crippen molar-refractivity contribution in [2.75, 3.05) is 19.1 Å². The molecular formula is C12H19NO. The number of methoxy groups -OCH3 is 1. The molecule has 0 aliphatic rings. The number of benzene rings is 1. The Balaban J connectivity index is 2.95. The summed E-state index contributed by atoms with van der Waals surface area (Å²) in [6.45, 7) is 6.56. The van der Waals surface area contributed by atoms with E-state index in [4.69, 9.17) is 4.74 Å². The van der Waals surface area contributed by atoms with Gasteiger partial charge in [-0.15, -0.1) is 0 Å². The van der Waals surface area contributed by atoms with Crippen LogP contribution in [-0.2, 0) is 0 Å². The van der Waals surface area contributed by atoms with Crippen molar-refractivity contribution in [1.82, 2.24) is 0 Å². The van der Waals surface area contributed by atoms with Gasteiger partial charge in [0.25, 0.3) is 0 Å². The second-order valence-electron chi connectivity index (χ2n) is 4.43. The summed E-state index contributed by atoms with van der Waals surface area (Å²) in [6, 6.07) is 8.11. The van der Waals surface area contributed by atoms with Crippen molar-refractivity contribution in [1.29, 1.82) is 0 Å². The van der Waals surface area contributed by atoms with E-state index in [2.05, 4.69) is 38.8 Å². The van der Waals surface area contributed by atoms with Crippen molar-refractivity contribution in [3.8, 4) is 5.75 Å². The fourth-order valence-corrected chi connectivity index (χ4v) is 1.21. The van der Waals surface area contributed by atoms with E-state index in [9.17, 15) is 0 Å². The Hall–Kier alpha value is -1.18. The lowest BCUT2D eigenvalue weighted by molar-refractivity contribution is 0.414. The van der Waals surface area contributed by atoms with E-state index in [-0.39, 0.29) is 5.54 Å². The second-order valence-corrected chi connectivity index (χ2v) is 4.43. The summed E-state index contributed by atoms with van der Waals surface area (Å²) < 4.78 is 5.19. The van der Waals surface area contributed by atoms with Crippen molar-refractivity contribution in [3.05, 3.63) is 24.3 Å². The highest BCUT2D eigenvalue weighted by Gasteiger charge is 2.17. The Bertz CT molecular complexity index is 301. The van der Waals surface area contributed by atoms with Gasteiger partial charge >= 0.3 is 0 Å². The minimum Gasteiger partial charge on any atom is -0.497 e. The van der Waals surface area contributed by atoms with Crippen LogP contribution in [-0.4, -0.2) is 19.7 Å². The van der Waals surface area contributed by atoms with E-state index in [1.807, 2.05) is 18.2 Å². The van der Waals surface area contributed by atoms with Gasteiger partial charge in [0.2, 0.25) is 0 Å². The lowest BCUT2D eigenvalue weighted by Gasteiger charge is -2.34. The second kappa shape index (κ2) is 3.91. The molecule has 0 unspecified atom stereocenters. The molecule has 0 saturated carbocycles. The summed E-state index contributed by atoms with van der Waals surface area (Å²) in [4.78, 5) is 2.23. The van der Waals surface area contributed by atoms with E-state index in [0.29, 0.717) is 0 Å². The molecule has 0 aliphatic carbocycles. The SMILES string of the molecule is COc1cccc(N(C)C(C)(C)C)c1. The number of hydrogen-bond donors (Lipinski definition) is 0. The molecule has 0 aromatic heterocycles. The standard InChI is InChI=1S/C12H19NO/c1-12(2,3)13(4)10-7-6-8-11(9-10)14-5/h6-9H,1-5H3. The fourth-order valence-electron chi connectivity index (χ4n) is 1.21. The van der Waals surface area contributed by atoms with Crippen molar-refractivity contribution in [2.24, 2.45) is 0 Å². The molecule has 0 atom stereocenters. The molecule has 0 heterocycles. The largest absolute Gasteiger partial charge is 0.497 e. The van der Waals surface area contributed by atoms with E-state index in [0.717, 1.165) is 5.75 Å². The van der Waals surface area contributed by atoms with Crippen LogP contribution in [0.15, 0.2) is 24.3 Å². The van der Waals surface area contributed by atoms with E-state index < -0.39 is 0 Å². The van der Waals surface area contributed by atoms with Crippen LogP contribution in [0, 0.1) is 0 Å². The van der Waals surface area contributed by atoms with Gasteiger partial charge < -0.3 is 9.64 Å². The predicted octanol–water partition coefficient (Wildman–Crippen LogP) is 2.93. The quantitative estimate of drug-likeness (QED) is 0.716. The molecule has 1 aromatic rings. The monoisotopic (exact) mass is 193 g/mol. The first-order valence-corrected chi connectivity index (χ1v) is 4.83. The zero-order chi connectivity index (χ0) is 10.8. The topological polar surface area (TPSA) is 12.5 Å². The highest BCUT2D eigenvalue weighted by Crippen LogP contribution is 2.25. The van der Waals surface area contributed by atoms with Crippen LogP contribution < -0.4 is 9.64 Å². The fraction of sp³-hybridized carbons (Fsp3) is 0.500. The highest BCUT2D eigenvalue weighted by molar-refractivity contribution is 5.51. The molecule has 0 aliphatic heterocycles. The van der Waals surface area contributed by atoms with Crippen LogP contribution in [0.4, 0.5) is 5.69 Å². The molecular weight excluding hydrogens is 174 g/mol. The summed E-state index contributed by atoms with van der Waals surface area (Å²) in [5.41, 5.74) is 1.31. The average molecular weight is 193 g/mol. The zero-order valence-electron chi connectivity index (χ0n) is 9.66. The van der Waals surface area contributed by atoms with E-state index in [1.54, 1.807) is 7.11 Å². The Morgan fingerprint density at radius 3 is 2.36 bits per heavy atom. The Kier molecular flexibility index (Phi) is 3.04.